The highest BCUT2D eigenvalue weighted by atomic mass is 79.9. The van der Waals surface area contributed by atoms with Gasteiger partial charge in [0, 0.05) is 4.47 Å². The number of hydrazine groups is 1. The fourth-order valence-corrected chi connectivity index (χ4v) is 3.42. The van der Waals surface area contributed by atoms with Crippen LogP contribution in [0.3, 0.4) is 0 Å². The Labute approximate surface area is 200 Å². The minimum Gasteiger partial charge on any atom is -0.484 e. The SMILES string of the molecule is Cc1cc(OCC(=O)NNC(=S)NC(=O)C(c2ccccc2)c2ccccc2)ccc1Br. The highest BCUT2D eigenvalue weighted by Crippen LogP contribution is 2.24. The minimum absolute atomic E-state index is 0.0142. The van der Waals surface area contributed by atoms with Crippen LogP contribution in [0.2, 0.25) is 0 Å². The van der Waals surface area contributed by atoms with E-state index in [9.17, 15) is 9.59 Å². The third-order valence-corrected chi connectivity index (χ3v) is 5.67. The molecular weight excluding hydrogens is 490 g/mol. The van der Waals surface area contributed by atoms with E-state index in [1.165, 1.54) is 0 Å². The molecule has 3 aromatic rings. The first-order chi connectivity index (χ1) is 15.4. The lowest BCUT2D eigenvalue weighted by atomic mass is 9.90. The first-order valence-corrected chi connectivity index (χ1v) is 11.0. The normalized spacial score (nSPS) is 10.3. The average molecular weight is 512 g/mol. The fraction of sp³-hybridized carbons (Fsp3) is 0.125. The molecule has 0 unspecified atom stereocenters. The first-order valence-electron chi connectivity index (χ1n) is 9.82. The Hall–Kier alpha value is -3.23. The summed E-state index contributed by atoms with van der Waals surface area (Å²) in [5.74, 6) is -0.720. The van der Waals surface area contributed by atoms with Gasteiger partial charge in [0.15, 0.2) is 11.7 Å². The number of thiocarbonyl (C=S) groups is 1. The fourth-order valence-electron chi connectivity index (χ4n) is 3.02. The summed E-state index contributed by atoms with van der Waals surface area (Å²) in [6, 6.07) is 24.3. The molecule has 0 saturated carbocycles. The van der Waals surface area contributed by atoms with E-state index in [-0.39, 0.29) is 17.6 Å². The molecule has 164 valence electrons. The molecule has 3 aromatic carbocycles. The van der Waals surface area contributed by atoms with E-state index in [4.69, 9.17) is 17.0 Å². The van der Waals surface area contributed by atoms with Crippen molar-refractivity contribution in [2.75, 3.05) is 6.61 Å². The Bertz CT molecular complexity index is 1050. The third kappa shape index (κ3) is 6.63. The Morgan fingerprint density at radius 3 is 2.09 bits per heavy atom. The highest BCUT2D eigenvalue weighted by molar-refractivity contribution is 9.10. The molecular formula is C24H22BrN3O3S. The predicted octanol–water partition coefficient (Wildman–Crippen LogP) is 3.99. The van der Waals surface area contributed by atoms with Gasteiger partial charge < -0.3 is 10.1 Å². The molecule has 0 heterocycles. The second-order valence-corrected chi connectivity index (χ2v) is 8.21. The van der Waals surface area contributed by atoms with Crippen molar-refractivity contribution in [3.63, 3.8) is 0 Å². The maximum Gasteiger partial charge on any atom is 0.276 e. The van der Waals surface area contributed by atoms with Crippen LogP contribution in [0.4, 0.5) is 0 Å². The number of rotatable bonds is 6. The lowest BCUT2D eigenvalue weighted by Crippen LogP contribution is -2.50. The lowest BCUT2D eigenvalue weighted by Gasteiger charge is -2.19. The van der Waals surface area contributed by atoms with Crippen molar-refractivity contribution in [2.45, 2.75) is 12.8 Å². The second kappa shape index (κ2) is 11.4. The van der Waals surface area contributed by atoms with E-state index >= 15 is 0 Å². The zero-order chi connectivity index (χ0) is 22.9. The van der Waals surface area contributed by atoms with Crippen LogP contribution in [0.5, 0.6) is 5.75 Å². The van der Waals surface area contributed by atoms with Crippen LogP contribution in [0.15, 0.2) is 83.3 Å². The summed E-state index contributed by atoms with van der Waals surface area (Å²) in [6.07, 6.45) is 0. The number of carbonyl (C=O) groups excluding carboxylic acids is 2. The smallest absolute Gasteiger partial charge is 0.276 e. The third-order valence-electron chi connectivity index (χ3n) is 4.58. The van der Waals surface area contributed by atoms with Gasteiger partial charge in [0.05, 0.1) is 5.92 Å². The molecule has 0 atom stereocenters. The molecule has 32 heavy (non-hydrogen) atoms. The van der Waals surface area contributed by atoms with E-state index in [2.05, 4.69) is 32.1 Å². The van der Waals surface area contributed by atoms with Gasteiger partial charge in [0.25, 0.3) is 5.91 Å². The molecule has 0 fully saturated rings. The minimum atomic E-state index is -0.545. The number of benzene rings is 3. The molecule has 0 bridgehead atoms. The Morgan fingerprint density at radius 1 is 0.938 bits per heavy atom. The van der Waals surface area contributed by atoms with E-state index < -0.39 is 11.8 Å². The van der Waals surface area contributed by atoms with Crippen molar-refractivity contribution in [1.82, 2.24) is 16.2 Å². The Morgan fingerprint density at radius 2 is 1.53 bits per heavy atom. The predicted molar refractivity (Wildman–Crippen MR) is 131 cm³/mol. The van der Waals surface area contributed by atoms with Gasteiger partial charge in [-0.2, -0.15) is 0 Å². The lowest BCUT2D eigenvalue weighted by molar-refractivity contribution is -0.124. The van der Waals surface area contributed by atoms with Gasteiger partial charge in [-0.05, 0) is 54.0 Å². The Kier molecular flexibility index (Phi) is 8.35. The zero-order valence-corrected chi connectivity index (χ0v) is 19.7. The maximum atomic E-state index is 13.0. The summed E-state index contributed by atoms with van der Waals surface area (Å²) in [5.41, 5.74) is 7.63. The van der Waals surface area contributed by atoms with Gasteiger partial charge in [0.2, 0.25) is 5.91 Å². The van der Waals surface area contributed by atoms with E-state index in [1.54, 1.807) is 6.07 Å². The number of hydrogen-bond donors (Lipinski definition) is 3. The average Bonchev–Trinajstić information content (AvgIpc) is 2.80. The van der Waals surface area contributed by atoms with E-state index in [1.807, 2.05) is 79.7 Å². The van der Waals surface area contributed by atoms with Crippen LogP contribution < -0.4 is 20.9 Å². The number of amides is 2. The first kappa shape index (κ1) is 23.4. The standard InChI is InChI=1S/C24H22BrN3O3S/c1-16-14-19(12-13-20(16)25)31-15-21(29)27-28-24(32)26-23(30)22(17-8-4-2-5-9-17)18-10-6-3-7-11-18/h2-14,22H,15H2,1H3,(H,27,29)(H2,26,28,30,32). The topological polar surface area (TPSA) is 79.5 Å². The number of hydrogen-bond acceptors (Lipinski definition) is 4. The number of carbonyl (C=O) groups is 2. The molecule has 0 aliphatic rings. The van der Waals surface area contributed by atoms with Crippen molar-refractivity contribution in [3.8, 4) is 5.75 Å². The van der Waals surface area contributed by atoms with Crippen molar-refractivity contribution < 1.29 is 14.3 Å². The summed E-state index contributed by atoms with van der Waals surface area (Å²) in [6.45, 7) is 1.72. The summed E-state index contributed by atoms with van der Waals surface area (Å²) in [4.78, 5) is 25.0. The second-order valence-electron chi connectivity index (χ2n) is 6.95. The molecule has 6 nitrogen and oxygen atoms in total. The molecule has 0 aliphatic carbocycles. The van der Waals surface area contributed by atoms with Crippen LogP contribution in [-0.2, 0) is 9.59 Å². The summed E-state index contributed by atoms with van der Waals surface area (Å²) in [5, 5.41) is 2.63. The number of ether oxygens (including phenoxy) is 1. The molecule has 3 N–H and O–H groups in total. The van der Waals surface area contributed by atoms with Crippen LogP contribution in [-0.4, -0.2) is 23.5 Å². The van der Waals surface area contributed by atoms with Crippen LogP contribution in [0, 0.1) is 6.92 Å². The summed E-state index contributed by atoms with van der Waals surface area (Å²) < 4.78 is 6.43. The quantitative estimate of drug-likeness (QED) is 0.344. The summed E-state index contributed by atoms with van der Waals surface area (Å²) in [7, 11) is 0. The Balaban J connectivity index is 1.54. The molecule has 0 radical (unpaired) electrons. The highest BCUT2D eigenvalue weighted by Gasteiger charge is 2.23. The van der Waals surface area contributed by atoms with Crippen LogP contribution in [0.25, 0.3) is 0 Å². The van der Waals surface area contributed by atoms with Gasteiger partial charge in [-0.15, -0.1) is 0 Å². The molecule has 0 aliphatic heterocycles. The van der Waals surface area contributed by atoms with Gasteiger partial charge in [-0.25, -0.2) is 0 Å². The zero-order valence-electron chi connectivity index (χ0n) is 17.3. The molecule has 8 heteroatoms. The van der Waals surface area contributed by atoms with Crippen molar-refractivity contribution in [3.05, 3.63) is 100 Å². The monoisotopic (exact) mass is 511 g/mol. The van der Waals surface area contributed by atoms with Crippen molar-refractivity contribution >= 4 is 45.1 Å². The van der Waals surface area contributed by atoms with E-state index in [0.29, 0.717) is 5.75 Å². The number of halogens is 1. The van der Waals surface area contributed by atoms with Gasteiger partial charge >= 0.3 is 0 Å². The molecule has 0 spiro atoms. The number of aryl methyl sites for hydroxylation is 1. The van der Waals surface area contributed by atoms with Gasteiger partial charge in [-0.1, -0.05) is 76.6 Å². The van der Waals surface area contributed by atoms with Crippen LogP contribution in [0.1, 0.15) is 22.6 Å². The molecule has 3 rings (SSSR count). The molecule has 2 amide bonds. The van der Waals surface area contributed by atoms with Crippen molar-refractivity contribution in [1.29, 1.82) is 0 Å². The van der Waals surface area contributed by atoms with Gasteiger partial charge in [0.1, 0.15) is 5.75 Å². The largest absolute Gasteiger partial charge is 0.484 e. The van der Waals surface area contributed by atoms with E-state index in [0.717, 1.165) is 21.2 Å². The summed E-state index contributed by atoms with van der Waals surface area (Å²) >= 11 is 8.59. The van der Waals surface area contributed by atoms with Crippen molar-refractivity contribution in [2.24, 2.45) is 0 Å². The molecule has 0 aromatic heterocycles. The number of nitrogens with one attached hydrogen (secondary N) is 3. The maximum absolute atomic E-state index is 13.0. The molecule has 0 saturated heterocycles. The van der Waals surface area contributed by atoms with Gasteiger partial charge in [-0.3, -0.25) is 20.4 Å². The van der Waals surface area contributed by atoms with Crippen LogP contribution >= 0.6 is 28.1 Å².